The summed E-state index contributed by atoms with van der Waals surface area (Å²) in [6.45, 7) is 6.80. The molecular weight excluding hydrogens is 536 g/mol. The number of hydrogen-bond donors (Lipinski definition) is 1. The predicted molar refractivity (Wildman–Crippen MR) is 161 cm³/mol. The summed E-state index contributed by atoms with van der Waals surface area (Å²) in [6.07, 6.45) is 2.49. The fourth-order valence-electron chi connectivity index (χ4n) is 4.26. The van der Waals surface area contributed by atoms with Crippen LogP contribution in [0.4, 0.5) is 5.95 Å². The van der Waals surface area contributed by atoms with Crippen molar-refractivity contribution < 1.29 is 17.9 Å². The highest BCUT2D eigenvalue weighted by Crippen LogP contribution is 2.24. The number of ether oxygens (including phenoxy) is 1. The van der Waals surface area contributed by atoms with Gasteiger partial charge in [0.1, 0.15) is 5.75 Å². The molecule has 0 saturated heterocycles. The maximum Gasteiger partial charge on any atom is 0.268 e. The van der Waals surface area contributed by atoms with Crippen molar-refractivity contribution in [3.63, 3.8) is 0 Å². The number of nitrogens with one attached hydrogen (secondary N) is 1. The fraction of sp³-hybridized carbons (Fsp3) is 0.281. The maximum atomic E-state index is 13.4. The number of amides is 1. The molecular formula is C32H36N4O4S. The van der Waals surface area contributed by atoms with Gasteiger partial charge in [-0.3, -0.25) is 4.79 Å². The smallest absolute Gasteiger partial charge is 0.268 e. The largest absolute Gasteiger partial charge is 0.497 e. The first-order valence-corrected chi connectivity index (χ1v) is 14.9. The number of methoxy groups -OCH3 is 1. The van der Waals surface area contributed by atoms with Gasteiger partial charge in [0, 0.05) is 26.2 Å². The average Bonchev–Trinajstić information content (AvgIpc) is 2.96. The molecule has 0 fully saturated rings. The number of likely N-dealkylation sites (N-methyl/N-ethyl adjacent to an activating group) is 1. The van der Waals surface area contributed by atoms with Gasteiger partial charge in [-0.25, -0.2) is 23.1 Å². The Morgan fingerprint density at radius 3 is 2.20 bits per heavy atom. The summed E-state index contributed by atoms with van der Waals surface area (Å²) in [6, 6.07) is 24.1. The Balaban J connectivity index is 1.60. The molecule has 1 N–H and O–H groups in total. The van der Waals surface area contributed by atoms with Crippen LogP contribution in [0.1, 0.15) is 53.5 Å². The molecule has 0 atom stereocenters. The van der Waals surface area contributed by atoms with Crippen molar-refractivity contribution >= 4 is 21.9 Å². The van der Waals surface area contributed by atoms with Gasteiger partial charge in [-0.1, -0.05) is 75.4 Å². The second-order valence-corrected chi connectivity index (χ2v) is 12.6. The summed E-state index contributed by atoms with van der Waals surface area (Å²) in [5, 5.41) is 0. The first-order chi connectivity index (χ1) is 19.5. The lowest BCUT2D eigenvalue weighted by molar-refractivity contribution is 0.0979. The molecule has 0 aliphatic carbocycles. The first kappa shape index (κ1) is 29.7. The van der Waals surface area contributed by atoms with Crippen LogP contribution in [-0.2, 0) is 28.3 Å². The van der Waals surface area contributed by atoms with Gasteiger partial charge in [-0.15, -0.1) is 0 Å². The lowest BCUT2D eigenvalue weighted by Crippen LogP contribution is -2.32. The number of anilines is 1. The SMILES string of the molecule is COc1ccc(Cc2nc(N(C)CCc3ccccc3)ncc2C(=O)NS(=O)(=O)c2ccc(C(C)(C)C)cc2)cc1. The zero-order valence-electron chi connectivity index (χ0n) is 24.1. The molecule has 214 valence electrons. The number of benzene rings is 3. The summed E-state index contributed by atoms with van der Waals surface area (Å²) in [5.41, 5.74) is 3.45. The van der Waals surface area contributed by atoms with E-state index in [4.69, 9.17) is 9.72 Å². The summed E-state index contributed by atoms with van der Waals surface area (Å²) < 4.78 is 33.7. The summed E-state index contributed by atoms with van der Waals surface area (Å²) in [4.78, 5) is 24.4. The third kappa shape index (κ3) is 7.70. The quantitative estimate of drug-likeness (QED) is 0.280. The van der Waals surface area contributed by atoms with Gasteiger partial charge in [0.15, 0.2) is 0 Å². The third-order valence-electron chi connectivity index (χ3n) is 6.81. The molecule has 41 heavy (non-hydrogen) atoms. The van der Waals surface area contributed by atoms with E-state index in [-0.39, 0.29) is 15.9 Å². The van der Waals surface area contributed by atoms with Crippen LogP contribution < -0.4 is 14.4 Å². The number of sulfonamides is 1. The highest BCUT2D eigenvalue weighted by atomic mass is 32.2. The van der Waals surface area contributed by atoms with Crippen LogP contribution in [0.2, 0.25) is 0 Å². The predicted octanol–water partition coefficient (Wildman–Crippen LogP) is 5.17. The number of rotatable bonds is 10. The van der Waals surface area contributed by atoms with Crippen LogP contribution in [0.15, 0.2) is 90.0 Å². The van der Waals surface area contributed by atoms with Crippen molar-refractivity contribution in [2.75, 3.05) is 25.6 Å². The Hall–Kier alpha value is -4.24. The van der Waals surface area contributed by atoms with Crippen LogP contribution in [0.25, 0.3) is 0 Å². The van der Waals surface area contributed by atoms with Crippen molar-refractivity contribution in [1.29, 1.82) is 0 Å². The fourth-order valence-corrected chi connectivity index (χ4v) is 5.23. The van der Waals surface area contributed by atoms with E-state index in [0.717, 1.165) is 17.5 Å². The molecule has 0 spiro atoms. The molecule has 4 rings (SSSR count). The Bertz CT molecular complexity index is 1580. The highest BCUT2D eigenvalue weighted by Gasteiger charge is 2.24. The lowest BCUT2D eigenvalue weighted by Gasteiger charge is -2.20. The van der Waals surface area contributed by atoms with Crippen molar-refractivity contribution in [1.82, 2.24) is 14.7 Å². The maximum absolute atomic E-state index is 13.4. The van der Waals surface area contributed by atoms with Crippen molar-refractivity contribution in [3.8, 4) is 5.75 Å². The molecule has 9 heteroatoms. The van der Waals surface area contributed by atoms with Crippen molar-refractivity contribution in [3.05, 3.63) is 113 Å². The normalized spacial score (nSPS) is 11.6. The van der Waals surface area contributed by atoms with Crippen molar-refractivity contribution in [2.24, 2.45) is 0 Å². The van der Waals surface area contributed by atoms with Gasteiger partial charge in [-0.2, -0.15) is 0 Å². The molecule has 3 aromatic carbocycles. The van der Waals surface area contributed by atoms with E-state index in [1.807, 2.05) is 75.2 Å². The van der Waals surface area contributed by atoms with E-state index < -0.39 is 15.9 Å². The molecule has 0 saturated carbocycles. The van der Waals surface area contributed by atoms with E-state index in [9.17, 15) is 13.2 Å². The molecule has 4 aromatic rings. The topological polar surface area (TPSA) is 101 Å². The van der Waals surface area contributed by atoms with Crippen LogP contribution in [0, 0.1) is 0 Å². The Morgan fingerprint density at radius 1 is 0.927 bits per heavy atom. The Morgan fingerprint density at radius 2 is 1.59 bits per heavy atom. The third-order valence-corrected chi connectivity index (χ3v) is 8.15. The molecule has 1 aromatic heterocycles. The molecule has 8 nitrogen and oxygen atoms in total. The Labute approximate surface area is 242 Å². The number of hydrogen-bond acceptors (Lipinski definition) is 7. The van der Waals surface area contributed by atoms with Crippen LogP contribution in [0.5, 0.6) is 5.75 Å². The van der Waals surface area contributed by atoms with E-state index in [1.54, 1.807) is 19.2 Å². The summed E-state index contributed by atoms with van der Waals surface area (Å²) in [7, 11) is -0.633. The second kappa shape index (κ2) is 12.5. The lowest BCUT2D eigenvalue weighted by atomic mass is 9.87. The Kier molecular flexibility index (Phi) is 9.08. The minimum atomic E-state index is -4.12. The van der Waals surface area contributed by atoms with Gasteiger partial charge < -0.3 is 9.64 Å². The minimum absolute atomic E-state index is 0.00809. The molecule has 1 amide bonds. The van der Waals surface area contributed by atoms with Crippen LogP contribution in [-0.4, -0.2) is 45.0 Å². The standard InChI is InChI=1S/C32H36N4O4S/c1-32(2,3)25-13-17-27(18-14-25)41(38,39)35-30(37)28-22-33-31(36(4)20-19-23-9-7-6-8-10-23)34-29(28)21-24-11-15-26(40-5)16-12-24/h6-18,22H,19-21H2,1-5H3,(H,35,37). The summed E-state index contributed by atoms with van der Waals surface area (Å²) >= 11 is 0. The van der Waals surface area contributed by atoms with Gasteiger partial charge in [0.25, 0.3) is 15.9 Å². The second-order valence-electron chi connectivity index (χ2n) is 10.9. The average molecular weight is 573 g/mol. The zero-order valence-corrected chi connectivity index (χ0v) is 24.9. The first-order valence-electron chi connectivity index (χ1n) is 13.4. The number of carbonyl (C=O) groups excluding carboxylic acids is 1. The highest BCUT2D eigenvalue weighted by molar-refractivity contribution is 7.90. The van der Waals surface area contributed by atoms with Gasteiger partial charge >= 0.3 is 0 Å². The molecule has 0 unspecified atom stereocenters. The van der Waals surface area contributed by atoms with E-state index in [1.165, 1.54) is 23.9 Å². The van der Waals surface area contributed by atoms with Gasteiger partial charge in [-0.05, 0) is 52.8 Å². The van der Waals surface area contributed by atoms with Gasteiger partial charge in [0.2, 0.25) is 5.95 Å². The molecule has 0 aliphatic heterocycles. The van der Waals surface area contributed by atoms with E-state index >= 15 is 0 Å². The number of aromatic nitrogens is 2. The van der Waals surface area contributed by atoms with Crippen molar-refractivity contribution in [2.45, 2.75) is 43.9 Å². The molecule has 0 radical (unpaired) electrons. The van der Waals surface area contributed by atoms with Crippen LogP contribution >= 0.6 is 0 Å². The van der Waals surface area contributed by atoms with Gasteiger partial charge in [0.05, 0.1) is 23.3 Å². The minimum Gasteiger partial charge on any atom is -0.497 e. The molecule has 0 bridgehead atoms. The summed E-state index contributed by atoms with van der Waals surface area (Å²) in [5.74, 6) is 0.368. The van der Waals surface area contributed by atoms with Crippen LogP contribution in [0.3, 0.4) is 0 Å². The number of carbonyl (C=O) groups is 1. The van der Waals surface area contributed by atoms with E-state index in [2.05, 4.69) is 21.8 Å². The number of nitrogens with zero attached hydrogens (tertiary/aromatic N) is 3. The molecule has 1 heterocycles. The van der Waals surface area contributed by atoms with E-state index in [0.29, 0.717) is 30.4 Å². The zero-order chi connectivity index (χ0) is 29.6. The monoisotopic (exact) mass is 572 g/mol. The molecule has 0 aliphatic rings.